The summed E-state index contributed by atoms with van der Waals surface area (Å²) in [7, 11) is 1.30. The van der Waals surface area contributed by atoms with Crippen LogP contribution < -0.4 is 10.5 Å². The van der Waals surface area contributed by atoms with Crippen molar-refractivity contribution in [2.75, 3.05) is 26.0 Å². The minimum Gasteiger partial charge on any atom is -0.493 e. The summed E-state index contributed by atoms with van der Waals surface area (Å²) in [6.45, 7) is 3.89. The summed E-state index contributed by atoms with van der Waals surface area (Å²) in [5, 5.41) is 0. The average molecular weight is 294 g/mol. The normalized spacial score (nSPS) is 10.3. The van der Waals surface area contributed by atoms with E-state index in [9.17, 15) is 9.59 Å². The lowest BCUT2D eigenvalue weighted by molar-refractivity contribution is -0.148. The molecule has 1 aromatic rings. The number of nitrogens with zero attached hydrogens (tertiary/aromatic N) is 1. The highest BCUT2D eigenvalue weighted by Gasteiger charge is 2.20. The Kier molecular flexibility index (Phi) is 6.52. The summed E-state index contributed by atoms with van der Waals surface area (Å²) in [6.07, 6.45) is 0.194. The highest BCUT2D eigenvalue weighted by Crippen LogP contribution is 2.13. The number of ether oxygens (including phenoxy) is 2. The van der Waals surface area contributed by atoms with Gasteiger partial charge in [0.05, 0.1) is 20.1 Å². The second kappa shape index (κ2) is 8.14. The Morgan fingerprint density at radius 3 is 2.38 bits per heavy atom. The van der Waals surface area contributed by atoms with Crippen molar-refractivity contribution in [2.24, 2.45) is 0 Å². The Labute approximate surface area is 124 Å². The van der Waals surface area contributed by atoms with Crippen LogP contribution in [-0.2, 0) is 14.3 Å². The molecule has 2 N–H and O–H groups in total. The fourth-order valence-electron chi connectivity index (χ4n) is 1.73. The van der Waals surface area contributed by atoms with Crippen molar-refractivity contribution in [3.8, 4) is 5.75 Å². The Balaban J connectivity index is 2.46. The molecule has 0 bridgehead atoms. The lowest BCUT2D eigenvalue weighted by Crippen LogP contribution is -2.41. The zero-order valence-corrected chi connectivity index (χ0v) is 12.7. The average Bonchev–Trinajstić information content (AvgIpc) is 2.46. The van der Waals surface area contributed by atoms with Gasteiger partial charge in [0.2, 0.25) is 5.91 Å². The Morgan fingerprint density at radius 1 is 1.24 bits per heavy atom. The number of rotatable bonds is 7. The van der Waals surface area contributed by atoms with Gasteiger partial charge in [0.1, 0.15) is 12.3 Å². The maximum absolute atomic E-state index is 12.1. The zero-order chi connectivity index (χ0) is 15.8. The molecule has 21 heavy (non-hydrogen) atoms. The van der Waals surface area contributed by atoms with Gasteiger partial charge < -0.3 is 20.1 Å². The molecule has 0 atom stereocenters. The highest BCUT2D eigenvalue weighted by molar-refractivity contribution is 5.82. The van der Waals surface area contributed by atoms with E-state index in [1.807, 2.05) is 13.8 Å². The lowest BCUT2D eigenvalue weighted by Gasteiger charge is -2.25. The molecule has 0 saturated carbocycles. The summed E-state index contributed by atoms with van der Waals surface area (Å²) in [4.78, 5) is 24.9. The Hall–Kier alpha value is -2.24. The molecule has 0 unspecified atom stereocenters. The predicted octanol–water partition coefficient (Wildman–Crippen LogP) is 1.45. The van der Waals surface area contributed by atoms with Crippen LogP contribution >= 0.6 is 0 Å². The van der Waals surface area contributed by atoms with E-state index in [2.05, 4.69) is 4.74 Å². The maximum atomic E-state index is 12.1. The monoisotopic (exact) mass is 294 g/mol. The van der Waals surface area contributed by atoms with Crippen molar-refractivity contribution in [3.63, 3.8) is 0 Å². The lowest BCUT2D eigenvalue weighted by atomic mass is 10.2. The van der Waals surface area contributed by atoms with Crippen LogP contribution in [-0.4, -0.2) is 43.1 Å². The summed E-state index contributed by atoms with van der Waals surface area (Å²) >= 11 is 0. The fourth-order valence-corrected chi connectivity index (χ4v) is 1.73. The number of nitrogen functional groups attached to an aromatic ring is 1. The maximum Gasteiger partial charge on any atom is 0.325 e. The number of hydrogen-bond acceptors (Lipinski definition) is 5. The van der Waals surface area contributed by atoms with Gasteiger partial charge in [-0.05, 0) is 38.1 Å². The van der Waals surface area contributed by atoms with Gasteiger partial charge in [-0.1, -0.05) is 0 Å². The first-order chi connectivity index (χ1) is 9.93. The molecule has 0 aliphatic rings. The Bertz CT molecular complexity index is 471. The van der Waals surface area contributed by atoms with Crippen molar-refractivity contribution in [1.82, 2.24) is 4.90 Å². The molecule has 0 fully saturated rings. The van der Waals surface area contributed by atoms with E-state index in [1.165, 1.54) is 12.0 Å². The van der Waals surface area contributed by atoms with Gasteiger partial charge in [0, 0.05) is 11.7 Å². The van der Waals surface area contributed by atoms with Gasteiger partial charge in [-0.2, -0.15) is 0 Å². The van der Waals surface area contributed by atoms with Gasteiger partial charge >= 0.3 is 5.97 Å². The summed E-state index contributed by atoms with van der Waals surface area (Å²) in [6, 6.07) is 6.88. The smallest absolute Gasteiger partial charge is 0.325 e. The van der Waals surface area contributed by atoms with E-state index in [-0.39, 0.29) is 31.5 Å². The van der Waals surface area contributed by atoms with Crippen molar-refractivity contribution < 1.29 is 19.1 Å². The molecule has 0 aromatic heterocycles. The van der Waals surface area contributed by atoms with Crippen LogP contribution in [0.15, 0.2) is 24.3 Å². The molecule has 0 saturated heterocycles. The number of benzene rings is 1. The molecule has 1 rings (SSSR count). The van der Waals surface area contributed by atoms with Crippen molar-refractivity contribution in [3.05, 3.63) is 24.3 Å². The number of hydrogen-bond donors (Lipinski definition) is 1. The molecular weight excluding hydrogens is 272 g/mol. The van der Waals surface area contributed by atoms with E-state index >= 15 is 0 Å². The molecular formula is C15H22N2O4. The first-order valence-electron chi connectivity index (χ1n) is 6.78. The number of nitrogens with two attached hydrogens (primary N) is 1. The molecule has 1 amide bonds. The standard InChI is InChI=1S/C15H22N2O4/c1-11(2)17(10-15(19)20-3)14(18)8-9-21-13-6-4-12(16)5-7-13/h4-7,11H,8-10,16H2,1-3H3. The van der Waals surface area contributed by atoms with Gasteiger partial charge in [0.25, 0.3) is 0 Å². The van der Waals surface area contributed by atoms with Crippen LogP contribution in [0.5, 0.6) is 5.75 Å². The van der Waals surface area contributed by atoms with Crippen molar-refractivity contribution >= 4 is 17.6 Å². The van der Waals surface area contributed by atoms with E-state index in [4.69, 9.17) is 10.5 Å². The van der Waals surface area contributed by atoms with Crippen LogP contribution in [0.2, 0.25) is 0 Å². The minimum atomic E-state index is -0.434. The first kappa shape index (κ1) is 16.8. The van der Waals surface area contributed by atoms with Crippen molar-refractivity contribution in [1.29, 1.82) is 0 Å². The molecule has 0 aliphatic carbocycles. The second-order valence-electron chi connectivity index (χ2n) is 4.86. The minimum absolute atomic E-state index is 0.0468. The molecule has 6 heteroatoms. The highest BCUT2D eigenvalue weighted by atomic mass is 16.5. The molecule has 6 nitrogen and oxygen atoms in total. The largest absolute Gasteiger partial charge is 0.493 e. The second-order valence-corrected chi connectivity index (χ2v) is 4.86. The Morgan fingerprint density at radius 2 is 1.86 bits per heavy atom. The third kappa shape index (κ3) is 5.72. The van der Waals surface area contributed by atoms with Crippen LogP contribution in [0, 0.1) is 0 Å². The van der Waals surface area contributed by atoms with Gasteiger partial charge in [-0.25, -0.2) is 0 Å². The number of anilines is 1. The zero-order valence-electron chi connectivity index (χ0n) is 12.7. The molecule has 0 heterocycles. The van der Waals surface area contributed by atoms with Crippen LogP contribution in [0.4, 0.5) is 5.69 Å². The molecule has 0 radical (unpaired) electrons. The number of esters is 1. The van der Waals surface area contributed by atoms with Crippen LogP contribution in [0.1, 0.15) is 20.3 Å². The number of carbonyl (C=O) groups excluding carboxylic acids is 2. The molecule has 0 spiro atoms. The van der Waals surface area contributed by atoms with Crippen molar-refractivity contribution in [2.45, 2.75) is 26.3 Å². The fraction of sp³-hybridized carbons (Fsp3) is 0.467. The summed E-state index contributed by atoms with van der Waals surface area (Å²) in [5.41, 5.74) is 6.23. The third-order valence-electron chi connectivity index (χ3n) is 2.94. The predicted molar refractivity (Wildman–Crippen MR) is 79.8 cm³/mol. The van der Waals surface area contributed by atoms with Gasteiger partial charge in [0.15, 0.2) is 0 Å². The van der Waals surface area contributed by atoms with Crippen LogP contribution in [0.25, 0.3) is 0 Å². The number of amides is 1. The van der Waals surface area contributed by atoms with Gasteiger partial charge in [-0.3, -0.25) is 9.59 Å². The summed E-state index contributed by atoms with van der Waals surface area (Å²) in [5.74, 6) is 0.0726. The quantitative estimate of drug-likeness (QED) is 0.608. The number of carbonyl (C=O) groups is 2. The van der Waals surface area contributed by atoms with E-state index < -0.39 is 5.97 Å². The summed E-state index contributed by atoms with van der Waals surface area (Å²) < 4.78 is 10.1. The molecule has 0 aliphatic heterocycles. The van der Waals surface area contributed by atoms with E-state index in [1.54, 1.807) is 24.3 Å². The van der Waals surface area contributed by atoms with E-state index in [0.717, 1.165) is 0 Å². The number of methoxy groups -OCH3 is 1. The first-order valence-corrected chi connectivity index (χ1v) is 6.78. The molecule has 1 aromatic carbocycles. The third-order valence-corrected chi connectivity index (χ3v) is 2.94. The molecule has 116 valence electrons. The SMILES string of the molecule is COC(=O)CN(C(=O)CCOc1ccc(N)cc1)C(C)C. The topological polar surface area (TPSA) is 81.9 Å². The van der Waals surface area contributed by atoms with Gasteiger partial charge in [-0.15, -0.1) is 0 Å². The van der Waals surface area contributed by atoms with Crippen LogP contribution in [0.3, 0.4) is 0 Å². The van der Waals surface area contributed by atoms with E-state index in [0.29, 0.717) is 11.4 Å².